The fraction of sp³-hybridized carbons (Fsp3) is 0.167. The van der Waals surface area contributed by atoms with E-state index in [1.165, 1.54) is 10.9 Å². The predicted molar refractivity (Wildman–Crippen MR) is 74.5 cm³/mol. The van der Waals surface area contributed by atoms with Crippen molar-refractivity contribution in [1.29, 1.82) is 0 Å². The van der Waals surface area contributed by atoms with E-state index < -0.39 is 0 Å². The third-order valence-corrected chi connectivity index (χ3v) is 3.53. The van der Waals surface area contributed by atoms with Crippen LogP contribution in [-0.4, -0.2) is 15.7 Å². The lowest BCUT2D eigenvalue weighted by Crippen LogP contribution is -2.13. The first-order valence-electron chi connectivity index (χ1n) is 5.34. The van der Waals surface area contributed by atoms with Gasteiger partial charge in [0.15, 0.2) is 0 Å². The van der Waals surface area contributed by atoms with E-state index in [2.05, 4.69) is 26.3 Å². The number of benzene rings is 1. The monoisotopic (exact) mass is 308 g/mol. The standard InChI is InChI=1S/C12H13BrN4O/c1-7-5-8(3-4-10(7)13)16-12(18)9-6-15-17(2)11(9)14/h3-6H,14H2,1-2H3,(H,16,18). The summed E-state index contributed by atoms with van der Waals surface area (Å²) in [7, 11) is 1.69. The number of carbonyl (C=O) groups is 1. The van der Waals surface area contributed by atoms with Crippen molar-refractivity contribution in [1.82, 2.24) is 9.78 Å². The minimum Gasteiger partial charge on any atom is -0.383 e. The molecule has 0 atom stereocenters. The van der Waals surface area contributed by atoms with Crippen molar-refractivity contribution < 1.29 is 4.79 Å². The molecule has 0 spiro atoms. The quantitative estimate of drug-likeness (QED) is 0.894. The molecule has 2 aromatic rings. The van der Waals surface area contributed by atoms with Gasteiger partial charge in [-0.1, -0.05) is 15.9 Å². The molecule has 0 unspecified atom stereocenters. The zero-order valence-corrected chi connectivity index (χ0v) is 11.7. The van der Waals surface area contributed by atoms with Gasteiger partial charge in [-0.15, -0.1) is 0 Å². The molecule has 0 aliphatic heterocycles. The van der Waals surface area contributed by atoms with Gasteiger partial charge in [-0.05, 0) is 30.7 Å². The number of carbonyl (C=O) groups excluding carboxylic acids is 1. The minimum atomic E-state index is -0.262. The third-order valence-electron chi connectivity index (χ3n) is 2.65. The lowest BCUT2D eigenvalue weighted by molar-refractivity contribution is 0.102. The highest BCUT2D eigenvalue weighted by Crippen LogP contribution is 2.21. The van der Waals surface area contributed by atoms with Crippen LogP contribution in [0.2, 0.25) is 0 Å². The molecule has 0 aliphatic rings. The average molecular weight is 309 g/mol. The molecule has 3 N–H and O–H groups in total. The van der Waals surface area contributed by atoms with Crippen LogP contribution in [0.15, 0.2) is 28.9 Å². The van der Waals surface area contributed by atoms with Crippen LogP contribution in [0.25, 0.3) is 0 Å². The number of nitrogens with two attached hydrogens (primary N) is 1. The fourth-order valence-corrected chi connectivity index (χ4v) is 1.79. The van der Waals surface area contributed by atoms with Gasteiger partial charge in [-0.2, -0.15) is 5.10 Å². The largest absolute Gasteiger partial charge is 0.383 e. The Morgan fingerprint density at radius 2 is 2.22 bits per heavy atom. The molecule has 94 valence electrons. The first-order valence-corrected chi connectivity index (χ1v) is 6.13. The average Bonchev–Trinajstić information content (AvgIpc) is 2.65. The summed E-state index contributed by atoms with van der Waals surface area (Å²) in [5.74, 6) is 0.0867. The van der Waals surface area contributed by atoms with Crippen molar-refractivity contribution in [3.63, 3.8) is 0 Å². The third kappa shape index (κ3) is 2.38. The van der Waals surface area contributed by atoms with Crippen LogP contribution < -0.4 is 11.1 Å². The van der Waals surface area contributed by atoms with Crippen molar-refractivity contribution in [3.8, 4) is 0 Å². The number of aromatic nitrogens is 2. The van der Waals surface area contributed by atoms with Gasteiger partial charge in [0.25, 0.3) is 5.91 Å². The molecule has 1 aromatic heterocycles. The summed E-state index contributed by atoms with van der Waals surface area (Å²) >= 11 is 3.41. The van der Waals surface area contributed by atoms with E-state index in [1.54, 1.807) is 7.05 Å². The van der Waals surface area contributed by atoms with Crippen LogP contribution in [-0.2, 0) is 7.05 Å². The second-order valence-corrected chi connectivity index (χ2v) is 4.84. The summed E-state index contributed by atoms with van der Waals surface area (Å²) in [6.07, 6.45) is 1.45. The Kier molecular flexibility index (Phi) is 3.38. The second-order valence-electron chi connectivity index (χ2n) is 3.99. The number of nitrogens with one attached hydrogen (secondary N) is 1. The number of anilines is 2. The molecule has 0 saturated heterocycles. The maximum atomic E-state index is 12.0. The smallest absolute Gasteiger partial charge is 0.261 e. The number of hydrogen-bond donors (Lipinski definition) is 2. The maximum Gasteiger partial charge on any atom is 0.261 e. The van der Waals surface area contributed by atoms with E-state index in [0.717, 1.165) is 15.7 Å². The summed E-state index contributed by atoms with van der Waals surface area (Å²) in [4.78, 5) is 12.0. The lowest BCUT2D eigenvalue weighted by atomic mass is 10.2. The van der Waals surface area contributed by atoms with Crippen LogP contribution in [0.1, 0.15) is 15.9 Å². The second kappa shape index (κ2) is 4.81. The summed E-state index contributed by atoms with van der Waals surface area (Å²) in [5, 5.41) is 6.72. The van der Waals surface area contributed by atoms with Crippen molar-refractivity contribution in [2.24, 2.45) is 7.05 Å². The lowest BCUT2D eigenvalue weighted by Gasteiger charge is -2.06. The van der Waals surface area contributed by atoms with Gasteiger partial charge in [-0.3, -0.25) is 9.48 Å². The summed E-state index contributed by atoms with van der Waals surface area (Å²) in [6.45, 7) is 1.96. The predicted octanol–water partition coefficient (Wildman–Crippen LogP) is 2.33. The van der Waals surface area contributed by atoms with Gasteiger partial charge >= 0.3 is 0 Å². The van der Waals surface area contributed by atoms with Gasteiger partial charge in [0, 0.05) is 17.2 Å². The Morgan fingerprint density at radius 3 is 2.78 bits per heavy atom. The van der Waals surface area contributed by atoms with Crippen LogP contribution in [0.5, 0.6) is 0 Å². The van der Waals surface area contributed by atoms with E-state index in [9.17, 15) is 4.79 Å². The molecule has 0 fully saturated rings. The summed E-state index contributed by atoms with van der Waals surface area (Å²) in [6, 6.07) is 5.59. The van der Waals surface area contributed by atoms with E-state index in [0.29, 0.717) is 11.4 Å². The zero-order chi connectivity index (χ0) is 13.3. The summed E-state index contributed by atoms with van der Waals surface area (Å²) in [5.41, 5.74) is 7.89. The van der Waals surface area contributed by atoms with E-state index in [-0.39, 0.29) is 5.91 Å². The fourth-order valence-electron chi connectivity index (χ4n) is 1.54. The minimum absolute atomic E-state index is 0.262. The Labute approximate surface area is 113 Å². The van der Waals surface area contributed by atoms with E-state index in [4.69, 9.17) is 5.73 Å². The van der Waals surface area contributed by atoms with Gasteiger partial charge in [0.2, 0.25) is 0 Å². The van der Waals surface area contributed by atoms with Gasteiger partial charge in [0.05, 0.1) is 6.20 Å². The Balaban J connectivity index is 2.21. The van der Waals surface area contributed by atoms with Crippen LogP contribution in [0, 0.1) is 6.92 Å². The molecular formula is C12H13BrN4O. The van der Waals surface area contributed by atoms with Crippen LogP contribution in [0.3, 0.4) is 0 Å². The first-order chi connectivity index (χ1) is 8.49. The highest BCUT2D eigenvalue weighted by molar-refractivity contribution is 9.10. The molecule has 0 bridgehead atoms. The summed E-state index contributed by atoms with van der Waals surface area (Å²) < 4.78 is 2.46. The normalized spacial score (nSPS) is 10.4. The van der Waals surface area contributed by atoms with Gasteiger partial charge in [0.1, 0.15) is 11.4 Å². The van der Waals surface area contributed by atoms with Crippen LogP contribution >= 0.6 is 15.9 Å². The van der Waals surface area contributed by atoms with Crippen LogP contribution in [0.4, 0.5) is 11.5 Å². The molecule has 0 radical (unpaired) electrons. The molecule has 6 heteroatoms. The Bertz CT molecular complexity index is 606. The molecular weight excluding hydrogens is 296 g/mol. The van der Waals surface area contributed by atoms with Gasteiger partial charge < -0.3 is 11.1 Å². The number of nitrogen functional groups attached to an aromatic ring is 1. The highest BCUT2D eigenvalue weighted by Gasteiger charge is 2.13. The topological polar surface area (TPSA) is 72.9 Å². The number of aryl methyl sites for hydroxylation is 2. The maximum absolute atomic E-state index is 12.0. The number of nitrogens with zero attached hydrogens (tertiary/aromatic N) is 2. The number of hydrogen-bond acceptors (Lipinski definition) is 3. The number of amides is 1. The molecule has 1 heterocycles. The van der Waals surface area contributed by atoms with Gasteiger partial charge in [-0.25, -0.2) is 0 Å². The molecule has 0 saturated carbocycles. The van der Waals surface area contributed by atoms with Crippen molar-refractivity contribution in [3.05, 3.63) is 40.0 Å². The molecule has 5 nitrogen and oxygen atoms in total. The van der Waals surface area contributed by atoms with Crippen molar-refractivity contribution >= 4 is 33.3 Å². The number of halogens is 1. The molecule has 1 amide bonds. The number of rotatable bonds is 2. The Morgan fingerprint density at radius 1 is 1.50 bits per heavy atom. The zero-order valence-electron chi connectivity index (χ0n) is 10.1. The molecule has 2 rings (SSSR count). The first kappa shape index (κ1) is 12.6. The SMILES string of the molecule is Cc1cc(NC(=O)c2cnn(C)c2N)ccc1Br. The molecule has 18 heavy (non-hydrogen) atoms. The van der Waals surface area contributed by atoms with E-state index in [1.807, 2.05) is 25.1 Å². The molecule has 1 aromatic carbocycles. The molecule has 0 aliphatic carbocycles. The van der Waals surface area contributed by atoms with Crippen molar-refractivity contribution in [2.45, 2.75) is 6.92 Å². The van der Waals surface area contributed by atoms with E-state index >= 15 is 0 Å². The van der Waals surface area contributed by atoms with Crippen molar-refractivity contribution in [2.75, 3.05) is 11.1 Å². The highest BCUT2D eigenvalue weighted by atomic mass is 79.9. The Hall–Kier alpha value is -1.82.